The molecular weight excluding hydrogens is 438 g/mol. The SMILES string of the molecule is CO.Cc1cc(-c2ccc3c(n2)N(C(=O)Nc2cnc(OCCO)cn2)[C@H](C)CCN3)ccn1. The minimum Gasteiger partial charge on any atom is -0.474 e. The molecule has 0 bridgehead atoms. The van der Waals surface area contributed by atoms with Crippen LogP contribution < -0.4 is 20.3 Å². The number of rotatable bonds is 5. The van der Waals surface area contributed by atoms with Crippen molar-refractivity contribution in [1.29, 1.82) is 0 Å². The highest BCUT2D eigenvalue weighted by Crippen LogP contribution is 2.32. The molecule has 3 aromatic rings. The van der Waals surface area contributed by atoms with Gasteiger partial charge in [-0.2, -0.15) is 0 Å². The molecule has 0 spiro atoms. The number of aliphatic hydroxyl groups excluding tert-OH is 2. The minimum atomic E-state index is -0.351. The van der Waals surface area contributed by atoms with Gasteiger partial charge in [0.25, 0.3) is 0 Å². The summed E-state index contributed by atoms with van der Waals surface area (Å²) >= 11 is 0. The van der Waals surface area contributed by atoms with Gasteiger partial charge in [-0.15, -0.1) is 0 Å². The van der Waals surface area contributed by atoms with Gasteiger partial charge in [-0.1, -0.05) is 0 Å². The second-order valence-electron chi connectivity index (χ2n) is 7.43. The molecule has 4 heterocycles. The lowest BCUT2D eigenvalue weighted by Gasteiger charge is -2.27. The fourth-order valence-electron chi connectivity index (χ4n) is 3.46. The van der Waals surface area contributed by atoms with E-state index in [0.29, 0.717) is 11.6 Å². The van der Waals surface area contributed by atoms with E-state index in [1.165, 1.54) is 12.4 Å². The molecule has 11 nitrogen and oxygen atoms in total. The number of fused-ring (bicyclic) bond motifs is 1. The average molecular weight is 468 g/mol. The molecule has 180 valence electrons. The Morgan fingerprint density at radius 1 is 1.24 bits per heavy atom. The molecule has 1 aliphatic heterocycles. The van der Waals surface area contributed by atoms with E-state index in [4.69, 9.17) is 19.9 Å². The fraction of sp³-hybridized carbons (Fsp3) is 0.348. The summed E-state index contributed by atoms with van der Waals surface area (Å²) in [6.45, 7) is 4.65. The van der Waals surface area contributed by atoms with Crippen LogP contribution in [-0.2, 0) is 0 Å². The lowest BCUT2D eigenvalue weighted by atomic mass is 10.1. The molecule has 0 aromatic carbocycles. The largest absolute Gasteiger partial charge is 0.474 e. The molecule has 1 aliphatic rings. The van der Waals surface area contributed by atoms with Crippen LogP contribution in [-0.4, -0.2) is 69.1 Å². The quantitative estimate of drug-likeness (QED) is 0.444. The number of nitrogens with zero attached hydrogens (tertiary/aromatic N) is 5. The molecule has 0 saturated heterocycles. The van der Waals surface area contributed by atoms with Crippen LogP contribution >= 0.6 is 0 Å². The summed E-state index contributed by atoms with van der Waals surface area (Å²) in [5.74, 6) is 1.11. The Hall–Kier alpha value is -3.83. The number of ether oxygens (including phenoxy) is 1. The van der Waals surface area contributed by atoms with Crippen molar-refractivity contribution in [2.75, 3.05) is 42.4 Å². The summed E-state index contributed by atoms with van der Waals surface area (Å²) in [6, 6.07) is 7.29. The van der Waals surface area contributed by atoms with E-state index in [1.54, 1.807) is 11.1 Å². The molecule has 11 heteroatoms. The molecule has 0 unspecified atom stereocenters. The van der Waals surface area contributed by atoms with Gasteiger partial charge in [-0.25, -0.2) is 19.7 Å². The zero-order valence-corrected chi connectivity index (χ0v) is 19.4. The summed E-state index contributed by atoms with van der Waals surface area (Å²) < 4.78 is 5.21. The first-order valence-corrected chi connectivity index (χ1v) is 10.8. The molecule has 0 aliphatic carbocycles. The first-order chi connectivity index (χ1) is 16.5. The van der Waals surface area contributed by atoms with Gasteiger partial charge < -0.3 is 20.3 Å². The molecule has 1 atom stereocenters. The van der Waals surface area contributed by atoms with Crippen LogP contribution in [0.2, 0.25) is 0 Å². The Balaban J connectivity index is 0.00000158. The van der Waals surface area contributed by atoms with Gasteiger partial charge in [0.05, 0.1) is 30.4 Å². The highest BCUT2D eigenvalue weighted by Gasteiger charge is 2.29. The van der Waals surface area contributed by atoms with Crippen LogP contribution in [0.3, 0.4) is 0 Å². The van der Waals surface area contributed by atoms with Crippen molar-refractivity contribution >= 4 is 23.4 Å². The predicted molar refractivity (Wildman–Crippen MR) is 129 cm³/mol. The van der Waals surface area contributed by atoms with E-state index in [1.807, 2.05) is 38.1 Å². The number of aliphatic hydroxyl groups is 2. The van der Waals surface area contributed by atoms with Gasteiger partial charge in [0, 0.05) is 37.2 Å². The third-order valence-electron chi connectivity index (χ3n) is 5.04. The van der Waals surface area contributed by atoms with E-state index in [2.05, 4.69) is 25.6 Å². The summed E-state index contributed by atoms with van der Waals surface area (Å²) in [5, 5.41) is 22.0. The van der Waals surface area contributed by atoms with E-state index < -0.39 is 0 Å². The maximum absolute atomic E-state index is 13.3. The van der Waals surface area contributed by atoms with Crippen LogP contribution in [0.5, 0.6) is 5.88 Å². The molecule has 34 heavy (non-hydrogen) atoms. The Morgan fingerprint density at radius 3 is 2.76 bits per heavy atom. The number of aryl methyl sites for hydroxylation is 1. The molecule has 0 radical (unpaired) electrons. The summed E-state index contributed by atoms with van der Waals surface area (Å²) in [5.41, 5.74) is 3.37. The fourth-order valence-corrected chi connectivity index (χ4v) is 3.46. The zero-order chi connectivity index (χ0) is 24.5. The maximum Gasteiger partial charge on any atom is 0.329 e. The lowest BCUT2D eigenvalue weighted by molar-refractivity contribution is 0.196. The molecule has 4 N–H and O–H groups in total. The van der Waals surface area contributed by atoms with E-state index >= 15 is 0 Å². The number of carbonyl (C=O) groups is 1. The third-order valence-corrected chi connectivity index (χ3v) is 5.04. The Kier molecular flexibility index (Phi) is 8.66. The number of anilines is 3. The third kappa shape index (κ3) is 5.94. The number of pyridine rings is 2. The zero-order valence-electron chi connectivity index (χ0n) is 19.4. The smallest absolute Gasteiger partial charge is 0.329 e. The molecule has 3 aromatic heterocycles. The maximum atomic E-state index is 13.3. The van der Waals surface area contributed by atoms with Crippen molar-refractivity contribution in [3.05, 3.63) is 48.5 Å². The Morgan fingerprint density at radius 2 is 2.06 bits per heavy atom. The first kappa shape index (κ1) is 24.8. The number of amides is 2. The average Bonchev–Trinajstić information content (AvgIpc) is 3.02. The van der Waals surface area contributed by atoms with Gasteiger partial charge in [0.1, 0.15) is 6.61 Å². The van der Waals surface area contributed by atoms with Gasteiger partial charge in [0.2, 0.25) is 5.88 Å². The topological polar surface area (TPSA) is 146 Å². The first-order valence-electron chi connectivity index (χ1n) is 10.8. The van der Waals surface area contributed by atoms with Crippen LogP contribution in [0.1, 0.15) is 19.0 Å². The second-order valence-corrected chi connectivity index (χ2v) is 7.43. The van der Waals surface area contributed by atoms with Gasteiger partial charge in [-0.05, 0) is 44.5 Å². The normalized spacial score (nSPS) is 14.6. The highest BCUT2D eigenvalue weighted by atomic mass is 16.5. The number of hydrogen-bond donors (Lipinski definition) is 4. The minimum absolute atomic E-state index is 0.0919. The van der Waals surface area contributed by atoms with Crippen LogP contribution in [0.15, 0.2) is 42.9 Å². The number of urea groups is 1. The number of carbonyl (C=O) groups excluding carboxylic acids is 1. The summed E-state index contributed by atoms with van der Waals surface area (Å²) in [6.07, 6.45) is 5.31. The van der Waals surface area contributed by atoms with Gasteiger partial charge in [-0.3, -0.25) is 15.2 Å². The lowest BCUT2D eigenvalue weighted by Crippen LogP contribution is -2.42. The molecule has 0 saturated carbocycles. The summed E-state index contributed by atoms with van der Waals surface area (Å²) in [4.78, 5) is 32.2. The number of aromatic nitrogens is 4. The molecular formula is C23H29N7O4. The van der Waals surface area contributed by atoms with Crippen LogP contribution in [0.25, 0.3) is 11.3 Å². The van der Waals surface area contributed by atoms with Crippen molar-refractivity contribution in [2.24, 2.45) is 0 Å². The Labute approximate surface area is 197 Å². The molecule has 0 fully saturated rings. The molecule has 4 rings (SSSR count). The number of nitrogens with one attached hydrogen (secondary N) is 2. The van der Waals surface area contributed by atoms with Gasteiger partial charge >= 0.3 is 6.03 Å². The van der Waals surface area contributed by atoms with Crippen LogP contribution in [0, 0.1) is 6.92 Å². The predicted octanol–water partition coefficient (Wildman–Crippen LogP) is 2.46. The van der Waals surface area contributed by atoms with Crippen molar-refractivity contribution in [2.45, 2.75) is 26.3 Å². The van der Waals surface area contributed by atoms with Gasteiger partial charge in [0.15, 0.2) is 11.6 Å². The van der Waals surface area contributed by atoms with E-state index in [9.17, 15) is 4.79 Å². The number of hydrogen-bond acceptors (Lipinski definition) is 9. The van der Waals surface area contributed by atoms with Crippen LogP contribution in [0.4, 0.5) is 22.1 Å². The van der Waals surface area contributed by atoms with E-state index in [-0.39, 0.29) is 31.2 Å². The van der Waals surface area contributed by atoms with Crippen molar-refractivity contribution in [1.82, 2.24) is 19.9 Å². The Bertz CT molecular complexity index is 1090. The van der Waals surface area contributed by atoms with Crippen molar-refractivity contribution < 1.29 is 19.7 Å². The summed E-state index contributed by atoms with van der Waals surface area (Å²) in [7, 11) is 1.00. The highest BCUT2D eigenvalue weighted by molar-refractivity contribution is 6.03. The van der Waals surface area contributed by atoms with Crippen molar-refractivity contribution in [3.63, 3.8) is 0 Å². The van der Waals surface area contributed by atoms with E-state index in [0.717, 1.165) is 42.7 Å². The van der Waals surface area contributed by atoms with Crippen molar-refractivity contribution in [3.8, 4) is 17.1 Å². The molecule has 2 amide bonds. The monoisotopic (exact) mass is 467 g/mol. The standard InChI is InChI=1S/C22H25N7O3.CH4O/c1-14-11-16(6-8-23-14)17-3-4-18-21(27-17)29(15(2)5-7-24-18)22(31)28-19-12-26-20(13-25-19)32-10-9-30;1-2/h3-4,6,8,11-13,15,24,30H,5,7,9-10H2,1-2H3,(H,25,28,31);2H,1H3/t15-;/m1./s1. The second kappa shape index (κ2) is 11.9.